The maximum atomic E-state index is 5.00. The molecule has 0 saturated carbocycles. The van der Waals surface area contributed by atoms with E-state index in [2.05, 4.69) is 36.7 Å². The van der Waals surface area contributed by atoms with E-state index in [1.165, 1.54) is 85.1 Å². The number of hydrogen-bond donors (Lipinski definition) is 0. The molecule has 0 aliphatic heterocycles. The highest BCUT2D eigenvalue weighted by Gasteiger charge is 2.18. The van der Waals surface area contributed by atoms with Crippen LogP contribution in [-0.4, -0.2) is 9.97 Å². The molecule has 0 N–H and O–H groups in total. The van der Waals surface area contributed by atoms with Crippen molar-refractivity contribution in [1.82, 2.24) is 9.97 Å². The second-order valence-electron chi connectivity index (χ2n) is 7.82. The van der Waals surface area contributed by atoms with Gasteiger partial charge < -0.3 is 0 Å². The van der Waals surface area contributed by atoms with E-state index in [0.717, 1.165) is 19.7 Å². The Bertz CT molecular complexity index is 941. The number of aryl methyl sites for hydroxylation is 2. The largest absolute Gasteiger partial charge is 0.222 e. The summed E-state index contributed by atoms with van der Waals surface area (Å²) in [5.74, 6) is 0. The normalized spacial score (nSPS) is 11.7. The summed E-state index contributed by atoms with van der Waals surface area (Å²) in [6, 6.07) is 4.58. The summed E-state index contributed by atoms with van der Waals surface area (Å²) in [6.07, 6.45) is 12.8. The van der Waals surface area contributed by atoms with Gasteiger partial charge in [0.1, 0.15) is 10.0 Å². The number of rotatable bonds is 12. The minimum absolute atomic E-state index is 1.10. The molecule has 0 unspecified atom stereocenters. The monoisotopic (exact) mass is 474 g/mol. The third-order valence-corrected chi connectivity index (χ3v) is 9.71. The van der Waals surface area contributed by atoms with Crippen LogP contribution < -0.4 is 0 Å². The number of hydrogen-bond acceptors (Lipinski definition) is 6. The van der Waals surface area contributed by atoms with E-state index in [1.54, 1.807) is 22.7 Å². The van der Waals surface area contributed by atoms with Gasteiger partial charge in [0.25, 0.3) is 0 Å². The summed E-state index contributed by atoms with van der Waals surface area (Å²) in [5.41, 5.74) is 2.93. The lowest BCUT2D eigenvalue weighted by Gasteiger charge is -2.02. The fourth-order valence-corrected chi connectivity index (χ4v) is 7.97. The standard InChI is InChI=1S/C24H30N2S4/c1-3-5-7-9-11-17-13-15-27-19(17)21-25-23-24(29-21)26-22(30-23)20-18(14-16-28-20)12-10-8-6-4-2/h13-16H,3-12H2,1-2H3. The van der Waals surface area contributed by atoms with Crippen molar-refractivity contribution in [3.63, 3.8) is 0 Å². The molecular weight excluding hydrogens is 445 g/mol. The first kappa shape index (κ1) is 22.1. The van der Waals surface area contributed by atoms with E-state index >= 15 is 0 Å². The molecule has 0 atom stereocenters. The Morgan fingerprint density at radius 1 is 0.633 bits per heavy atom. The van der Waals surface area contributed by atoms with Crippen LogP contribution >= 0.6 is 45.3 Å². The zero-order valence-electron chi connectivity index (χ0n) is 17.9. The van der Waals surface area contributed by atoms with E-state index in [0.29, 0.717) is 0 Å². The molecule has 0 saturated heterocycles. The van der Waals surface area contributed by atoms with Gasteiger partial charge in [0.15, 0.2) is 9.66 Å². The molecule has 0 spiro atoms. The molecule has 0 aromatic carbocycles. The van der Waals surface area contributed by atoms with E-state index < -0.39 is 0 Å². The molecule has 4 rings (SSSR count). The highest BCUT2D eigenvalue weighted by molar-refractivity contribution is 7.31. The summed E-state index contributed by atoms with van der Waals surface area (Å²) in [5, 5.41) is 6.74. The van der Waals surface area contributed by atoms with E-state index in [4.69, 9.17) is 9.97 Å². The van der Waals surface area contributed by atoms with Crippen LogP contribution in [0.3, 0.4) is 0 Å². The highest BCUT2D eigenvalue weighted by Crippen LogP contribution is 2.41. The average Bonchev–Trinajstić information content (AvgIpc) is 3.51. The van der Waals surface area contributed by atoms with E-state index in [9.17, 15) is 0 Å². The Kier molecular flexibility index (Phi) is 8.10. The van der Waals surface area contributed by atoms with E-state index in [-0.39, 0.29) is 0 Å². The van der Waals surface area contributed by atoms with E-state index in [1.807, 2.05) is 22.7 Å². The molecule has 4 aromatic rings. The van der Waals surface area contributed by atoms with Crippen molar-refractivity contribution in [2.24, 2.45) is 0 Å². The summed E-state index contributed by atoms with van der Waals surface area (Å²) in [6.45, 7) is 4.54. The SMILES string of the molecule is CCCCCCc1ccsc1-c1nc2sc(-c3sccc3CCCCCC)nc2s1. The summed E-state index contributed by atoms with van der Waals surface area (Å²) in [4.78, 5) is 14.9. The lowest BCUT2D eigenvalue weighted by molar-refractivity contribution is 0.668. The van der Waals surface area contributed by atoms with Gasteiger partial charge in [-0.3, -0.25) is 0 Å². The number of fused-ring (bicyclic) bond motifs is 1. The lowest BCUT2D eigenvalue weighted by Crippen LogP contribution is -1.86. The second kappa shape index (κ2) is 11.0. The van der Waals surface area contributed by atoms with Gasteiger partial charge in [-0.1, -0.05) is 75.0 Å². The van der Waals surface area contributed by atoms with Gasteiger partial charge in [-0.05, 0) is 59.7 Å². The van der Waals surface area contributed by atoms with Crippen LogP contribution in [0.1, 0.15) is 76.3 Å². The van der Waals surface area contributed by atoms with Crippen LogP contribution in [0.25, 0.3) is 29.4 Å². The molecule has 0 radical (unpaired) electrons. The summed E-state index contributed by atoms with van der Waals surface area (Å²) >= 11 is 7.19. The first-order valence-corrected chi connectivity index (χ1v) is 14.6. The molecule has 160 valence electrons. The van der Waals surface area contributed by atoms with Crippen LogP contribution in [0.5, 0.6) is 0 Å². The fourth-order valence-electron chi connectivity index (χ4n) is 3.76. The number of thiazole rings is 2. The summed E-state index contributed by atoms with van der Waals surface area (Å²) in [7, 11) is 0. The maximum Gasteiger partial charge on any atom is 0.155 e. The van der Waals surface area contributed by atoms with Crippen molar-refractivity contribution >= 4 is 55.0 Å². The zero-order chi connectivity index (χ0) is 20.8. The van der Waals surface area contributed by atoms with Gasteiger partial charge in [0.05, 0.1) is 9.75 Å². The van der Waals surface area contributed by atoms with Crippen LogP contribution in [0.15, 0.2) is 22.9 Å². The van der Waals surface area contributed by atoms with Crippen molar-refractivity contribution in [3.8, 4) is 19.8 Å². The molecule has 0 aliphatic rings. The molecule has 0 amide bonds. The summed E-state index contributed by atoms with van der Waals surface area (Å²) < 4.78 is 0. The molecule has 0 bridgehead atoms. The average molecular weight is 475 g/mol. The van der Waals surface area contributed by atoms with Crippen molar-refractivity contribution < 1.29 is 0 Å². The third-order valence-electron chi connectivity index (χ3n) is 5.46. The lowest BCUT2D eigenvalue weighted by atomic mass is 10.1. The van der Waals surface area contributed by atoms with Crippen molar-refractivity contribution in [1.29, 1.82) is 0 Å². The first-order valence-electron chi connectivity index (χ1n) is 11.2. The Morgan fingerprint density at radius 2 is 1.10 bits per heavy atom. The molecule has 30 heavy (non-hydrogen) atoms. The smallest absolute Gasteiger partial charge is 0.155 e. The minimum atomic E-state index is 1.10. The maximum absolute atomic E-state index is 5.00. The minimum Gasteiger partial charge on any atom is -0.222 e. The molecule has 0 aliphatic carbocycles. The molecular formula is C24H30N2S4. The Morgan fingerprint density at radius 3 is 1.53 bits per heavy atom. The number of nitrogens with zero attached hydrogens (tertiary/aromatic N) is 2. The Labute approximate surface area is 196 Å². The van der Waals surface area contributed by atoms with Gasteiger partial charge in [-0.25, -0.2) is 9.97 Å². The Hall–Kier alpha value is -1.08. The van der Waals surface area contributed by atoms with Gasteiger partial charge in [-0.15, -0.1) is 22.7 Å². The molecule has 4 aromatic heterocycles. The van der Waals surface area contributed by atoms with Gasteiger partial charge in [0, 0.05) is 0 Å². The van der Waals surface area contributed by atoms with Gasteiger partial charge in [0.2, 0.25) is 0 Å². The van der Waals surface area contributed by atoms with Crippen molar-refractivity contribution in [3.05, 3.63) is 34.0 Å². The number of aromatic nitrogens is 2. The van der Waals surface area contributed by atoms with Crippen LogP contribution in [0.2, 0.25) is 0 Å². The Balaban J connectivity index is 1.48. The topological polar surface area (TPSA) is 25.8 Å². The van der Waals surface area contributed by atoms with Crippen LogP contribution in [0.4, 0.5) is 0 Å². The molecule has 6 heteroatoms. The predicted octanol–water partition coefficient (Wildman–Crippen LogP) is 9.46. The van der Waals surface area contributed by atoms with Crippen molar-refractivity contribution in [2.75, 3.05) is 0 Å². The molecule has 4 heterocycles. The van der Waals surface area contributed by atoms with Crippen molar-refractivity contribution in [2.45, 2.75) is 78.1 Å². The van der Waals surface area contributed by atoms with Gasteiger partial charge >= 0.3 is 0 Å². The predicted molar refractivity (Wildman–Crippen MR) is 138 cm³/mol. The first-order chi connectivity index (χ1) is 14.8. The zero-order valence-corrected chi connectivity index (χ0v) is 21.2. The number of thiophene rings is 2. The van der Waals surface area contributed by atoms with Crippen LogP contribution in [-0.2, 0) is 12.8 Å². The van der Waals surface area contributed by atoms with Gasteiger partial charge in [-0.2, -0.15) is 0 Å². The number of unbranched alkanes of at least 4 members (excludes halogenated alkanes) is 6. The third kappa shape index (κ3) is 5.21. The molecule has 0 fully saturated rings. The molecule has 2 nitrogen and oxygen atoms in total. The second-order valence-corrected chi connectivity index (χ2v) is 11.6. The highest BCUT2D eigenvalue weighted by atomic mass is 32.1. The quantitative estimate of drug-likeness (QED) is 0.191. The fraction of sp³-hybridized carbons (Fsp3) is 0.500. The van der Waals surface area contributed by atoms with Crippen LogP contribution in [0, 0.1) is 0 Å².